The molecule has 0 radical (unpaired) electrons. The number of ether oxygens (including phenoxy) is 2. The second-order valence-corrected chi connectivity index (χ2v) is 6.23. The van der Waals surface area contributed by atoms with Gasteiger partial charge >= 0.3 is 6.18 Å². The quantitative estimate of drug-likeness (QED) is 0.476. The highest BCUT2D eigenvalue weighted by Crippen LogP contribution is 2.37. The Bertz CT molecular complexity index is 954. The van der Waals surface area contributed by atoms with Gasteiger partial charge in [-0.25, -0.2) is 4.98 Å². The standard InChI is InChI=1S/C18H12Cl2F3N3O2/c19-15-4-3-12(9-14(15)18(21,22)23)28-13-2-1-11(25-10-13)6-8-27-16-5-7-24-17(20)26-16/h1-5,7,9-10H,6,8H2. The van der Waals surface area contributed by atoms with Gasteiger partial charge in [0.2, 0.25) is 11.2 Å². The molecule has 0 saturated carbocycles. The molecule has 0 fully saturated rings. The van der Waals surface area contributed by atoms with Crippen LogP contribution in [0.4, 0.5) is 13.2 Å². The van der Waals surface area contributed by atoms with Crippen LogP contribution in [0.3, 0.4) is 0 Å². The van der Waals surface area contributed by atoms with Crippen LogP contribution in [-0.4, -0.2) is 21.6 Å². The number of rotatable bonds is 6. The molecule has 0 spiro atoms. The predicted octanol–water partition coefficient (Wildman–Crippen LogP) is 5.61. The van der Waals surface area contributed by atoms with Gasteiger partial charge < -0.3 is 9.47 Å². The smallest absolute Gasteiger partial charge is 0.417 e. The zero-order chi connectivity index (χ0) is 20.1. The van der Waals surface area contributed by atoms with Crippen molar-refractivity contribution in [2.24, 2.45) is 0 Å². The lowest BCUT2D eigenvalue weighted by Gasteiger charge is -2.12. The number of benzene rings is 1. The maximum absolute atomic E-state index is 12.9. The Morgan fingerprint density at radius 2 is 1.75 bits per heavy atom. The number of aromatic nitrogens is 3. The maximum Gasteiger partial charge on any atom is 0.417 e. The second kappa shape index (κ2) is 8.62. The van der Waals surface area contributed by atoms with E-state index in [1.54, 1.807) is 18.2 Å². The molecule has 0 aliphatic carbocycles. The summed E-state index contributed by atoms with van der Waals surface area (Å²) in [4.78, 5) is 11.9. The van der Waals surface area contributed by atoms with Crippen LogP contribution in [0.5, 0.6) is 17.4 Å². The fourth-order valence-electron chi connectivity index (χ4n) is 2.20. The van der Waals surface area contributed by atoms with Crippen molar-refractivity contribution in [3.63, 3.8) is 0 Å². The summed E-state index contributed by atoms with van der Waals surface area (Å²) in [5.74, 6) is 0.654. The average Bonchev–Trinajstić information content (AvgIpc) is 2.64. The van der Waals surface area contributed by atoms with Crippen molar-refractivity contribution in [1.82, 2.24) is 15.0 Å². The highest BCUT2D eigenvalue weighted by Gasteiger charge is 2.33. The third kappa shape index (κ3) is 5.46. The van der Waals surface area contributed by atoms with Crippen LogP contribution in [0.2, 0.25) is 10.3 Å². The number of hydrogen-bond donors (Lipinski definition) is 0. The minimum Gasteiger partial charge on any atom is -0.477 e. The highest BCUT2D eigenvalue weighted by molar-refractivity contribution is 6.31. The SMILES string of the molecule is FC(F)(F)c1cc(Oc2ccc(CCOc3ccnc(Cl)n3)nc2)ccc1Cl. The molecule has 0 saturated heterocycles. The molecule has 0 aliphatic rings. The minimum atomic E-state index is -4.56. The van der Waals surface area contributed by atoms with Crippen molar-refractivity contribution >= 4 is 23.2 Å². The van der Waals surface area contributed by atoms with Crippen molar-refractivity contribution in [3.8, 4) is 17.4 Å². The van der Waals surface area contributed by atoms with Gasteiger partial charge in [-0.15, -0.1) is 0 Å². The summed E-state index contributed by atoms with van der Waals surface area (Å²) in [7, 11) is 0. The van der Waals surface area contributed by atoms with E-state index >= 15 is 0 Å². The Labute approximate surface area is 168 Å². The first kappa shape index (κ1) is 20.2. The summed E-state index contributed by atoms with van der Waals surface area (Å²) >= 11 is 11.3. The molecule has 28 heavy (non-hydrogen) atoms. The van der Waals surface area contributed by atoms with E-state index in [9.17, 15) is 13.2 Å². The van der Waals surface area contributed by atoms with E-state index in [-0.39, 0.29) is 11.0 Å². The molecule has 0 amide bonds. The first-order valence-corrected chi connectivity index (χ1v) is 8.68. The molecular formula is C18H12Cl2F3N3O2. The largest absolute Gasteiger partial charge is 0.477 e. The third-order valence-corrected chi connectivity index (χ3v) is 4.00. The third-order valence-electron chi connectivity index (χ3n) is 3.49. The van der Waals surface area contributed by atoms with Crippen LogP contribution < -0.4 is 9.47 Å². The van der Waals surface area contributed by atoms with Gasteiger partial charge in [0.1, 0.15) is 11.5 Å². The minimum absolute atomic E-state index is 0.00949. The Morgan fingerprint density at radius 1 is 0.964 bits per heavy atom. The van der Waals surface area contributed by atoms with Crippen molar-refractivity contribution < 1.29 is 22.6 Å². The molecule has 2 aromatic heterocycles. The summed E-state index contributed by atoms with van der Waals surface area (Å²) in [5, 5.41) is -0.300. The van der Waals surface area contributed by atoms with Gasteiger partial charge in [-0.05, 0) is 41.9 Å². The first-order chi connectivity index (χ1) is 13.3. The average molecular weight is 430 g/mol. The summed E-state index contributed by atoms with van der Waals surface area (Å²) < 4.78 is 49.6. The zero-order valence-corrected chi connectivity index (χ0v) is 15.6. The van der Waals surface area contributed by atoms with Crippen molar-refractivity contribution in [3.05, 3.63) is 70.4 Å². The Hall–Kier alpha value is -2.58. The van der Waals surface area contributed by atoms with Crippen LogP contribution in [0.1, 0.15) is 11.3 Å². The lowest BCUT2D eigenvalue weighted by atomic mass is 10.2. The lowest BCUT2D eigenvalue weighted by Crippen LogP contribution is -2.06. The molecule has 0 atom stereocenters. The second-order valence-electron chi connectivity index (χ2n) is 5.49. The molecule has 3 rings (SSSR count). The first-order valence-electron chi connectivity index (χ1n) is 7.92. The summed E-state index contributed by atoms with van der Waals surface area (Å²) in [6.07, 6.45) is -1.18. The van der Waals surface area contributed by atoms with Gasteiger partial charge in [0, 0.05) is 24.4 Å². The van der Waals surface area contributed by atoms with E-state index in [1.165, 1.54) is 18.5 Å². The summed E-state index contributed by atoms with van der Waals surface area (Å²) in [6, 6.07) is 8.21. The molecule has 146 valence electrons. The van der Waals surface area contributed by atoms with Gasteiger partial charge in [0.25, 0.3) is 0 Å². The summed E-state index contributed by atoms with van der Waals surface area (Å²) in [6.45, 7) is 0.312. The topological polar surface area (TPSA) is 57.1 Å². The maximum atomic E-state index is 12.9. The molecule has 1 aromatic carbocycles. The fourth-order valence-corrected chi connectivity index (χ4v) is 2.56. The van der Waals surface area contributed by atoms with Crippen LogP contribution in [0.25, 0.3) is 0 Å². The molecular weight excluding hydrogens is 418 g/mol. The van der Waals surface area contributed by atoms with E-state index in [2.05, 4.69) is 15.0 Å². The van der Waals surface area contributed by atoms with Gasteiger partial charge in [-0.1, -0.05) is 11.6 Å². The monoisotopic (exact) mass is 429 g/mol. The Balaban J connectivity index is 1.59. The molecule has 0 N–H and O–H groups in total. The number of alkyl halides is 3. The predicted molar refractivity (Wildman–Crippen MR) is 97.0 cm³/mol. The van der Waals surface area contributed by atoms with Crippen LogP contribution in [0, 0.1) is 0 Å². The number of halogens is 5. The Morgan fingerprint density at radius 3 is 2.43 bits per heavy atom. The van der Waals surface area contributed by atoms with E-state index in [4.69, 9.17) is 32.7 Å². The molecule has 10 heteroatoms. The van der Waals surface area contributed by atoms with Crippen LogP contribution >= 0.6 is 23.2 Å². The van der Waals surface area contributed by atoms with Crippen molar-refractivity contribution in [1.29, 1.82) is 0 Å². The number of nitrogens with zero attached hydrogens (tertiary/aromatic N) is 3. The lowest BCUT2D eigenvalue weighted by molar-refractivity contribution is -0.137. The highest BCUT2D eigenvalue weighted by atomic mass is 35.5. The van der Waals surface area contributed by atoms with Crippen LogP contribution in [0.15, 0.2) is 48.8 Å². The van der Waals surface area contributed by atoms with E-state index in [0.717, 1.165) is 12.1 Å². The normalized spacial score (nSPS) is 11.3. The molecule has 0 bridgehead atoms. The van der Waals surface area contributed by atoms with E-state index in [0.29, 0.717) is 30.4 Å². The summed E-state index contributed by atoms with van der Waals surface area (Å²) in [5.41, 5.74) is -0.252. The van der Waals surface area contributed by atoms with Crippen molar-refractivity contribution in [2.45, 2.75) is 12.6 Å². The van der Waals surface area contributed by atoms with E-state index < -0.39 is 16.8 Å². The van der Waals surface area contributed by atoms with Gasteiger partial charge in [-0.2, -0.15) is 18.2 Å². The van der Waals surface area contributed by atoms with Gasteiger partial charge in [-0.3, -0.25) is 4.98 Å². The van der Waals surface area contributed by atoms with Gasteiger partial charge in [0.15, 0.2) is 0 Å². The number of hydrogen-bond acceptors (Lipinski definition) is 5. The molecule has 0 unspecified atom stereocenters. The zero-order valence-electron chi connectivity index (χ0n) is 14.1. The van der Waals surface area contributed by atoms with Crippen LogP contribution in [-0.2, 0) is 12.6 Å². The van der Waals surface area contributed by atoms with E-state index in [1.807, 2.05) is 0 Å². The molecule has 3 aromatic rings. The number of pyridine rings is 1. The molecule has 5 nitrogen and oxygen atoms in total. The van der Waals surface area contributed by atoms with Gasteiger partial charge in [0.05, 0.1) is 23.4 Å². The molecule has 2 heterocycles. The van der Waals surface area contributed by atoms with Crippen molar-refractivity contribution in [2.75, 3.05) is 6.61 Å². The molecule has 0 aliphatic heterocycles. The fraction of sp³-hybridized carbons (Fsp3) is 0.167. The Kier molecular flexibility index (Phi) is 6.21.